The zero-order valence-electron chi connectivity index (χ0n) is 16.5. The number of carbonyl (C=O) groups excluding carboxylic acids is 1. The Morgan fingerprint density at radius 3 is 2.33 bits per heavy atom. The summed E-state index contributed by atoms with van der Waals surface area (Å²) in [5.74, 6) is 0.712. The van der Waals surface area contributed by atoms with Crippen LogP contribution in [0.4, 0.5) is 0 Å². The number of fused-ring (bicyclic) bond motifs is 1. The van der Waals surface area contributed by atoms with Crippen molar-refractivity contribution in [1.29, 1.82) is 0 Å². The van der Waals surface area contributed by atoms with E-state index in [1.165, 1.54) is 28.1 Å². The van der Waals surface area contributed by atoms with Crippen LogP contribution in [0, 0.1) is 0 Å². The summed E-state index contributed by atoms with van der Waals surface area (Å²) in [6.45, 7) is 1.71. The molecule has 5 heteroatoms. The average Bonchev–Trinajstić information content (AvgIpc) is 2.78. The van der Waals surface area contributed by atoms with Gasteiger partial charge in [-0.2, -0.15) is 0 Å². The van der Waals surface area contributed by atoms with Gasteiger partial charge in [0, 0.05) is 6.54 Å². The number of benzene rings is 3. The predicted molar refractivity (Wildman–Crippen MR) is 119 cm³/mol. The van der Waals surface area contributed by atoms with E-state index in [9.17, 15) is 4.79 Å². The minimum absolute atomic E-state index is 0.215. The maximum absolute atomic E-state index is 11.1. The number of ether oxygens (including phenoxy) is 1. The van der Waals surface area contributed by atoms with E-state index >= 15 is 0 Å². The quantitative estimate of drug-likeness (QED) is 0.431. The summed E-state index contributed by atoms with van der Waals surface area (Å²) in [4.78, 5) is 15.0. The molecule has 0 aliphatic carbocycles. The number of carbonyl (C=O) groups is 1. The summed E-state index contributed by atoms with van der Waals surface area (Å²) in [5.41, 5.74) is 7.92. The molecular formula is C25H23N3O2. The van der Waals surface area contributed by atoms with E-state index in [2.05, 4.69) is 52.8 Å². The molecule has 0 bridgehead atoms. The second-order valence-corrected chi connectivity index (χ2v) is 7.10. The van der Waals surface area contributed by atoms with E-state index in [4.69, 9.17) is 10.5 Å². The largest absolute Gasteiger partial charge is 0.456 e. The number of hydrogen-bond donors (Lipinski definition) is 2. The van der Waals surface area contributed by atoms with Gasteiger partial charge in [-0.3, -0.25) is 4.79 Å². The molecule has 0 atom stereocenters. The molecule has 0 unspecified atom stereocenters. The number of nitrogens with zero attached hydrogens (tertiary/aromatic N) is 1. The molecule has 3 N–H and O–H groups in total. The lowest BCUT2D eigenvalue weighted by Gasteiger charge is -2.08. The smallest absolute Gasteiger partial charge is 0.267 e. The molecule has 0 radical (unpaired) electrons. The minimum atomic E-state index is -0.556. The average molecular weight is 397 g/mol. The van der Waals surface area contributed by atoms with E-state index in [0.29, 0.717) is 11.5 Å². The van der Waals surface area contributed by atoms with Crippen LogP contribution < -0.4 is 15.8 Å². The first-order chi connectivity index (χ1) is 14.7. The van der Waals surface area contributed by atoms with E-state index in [1.807, 2.05) is 24.3 Å². The first-order valence-electron chi connectivity index (χ1n) is 9.88. The Morgan fingerprint density at radius 2 is 1.60 bits per heavy atom. The highest BCUT2D eigenvalue weighted by Crippen LogP contribution is 2.21. The molecule has 0 aliphatic heterocycles. The summed E-state index contributed by atoms with van der Waals surface area (Å²) in [7, 11) is 0. The van der Waals surface area contributed by atoms with Crippen LogP contribution >= 0.6 is 0 Å². The summed E-state index contributed by atoms with van der Waals surface area (Å²) in [6, 6.07) is 26.2. The van der Waals surface area contributed by atoms with Crippen molar-refractivity contribution in [2.24, 2.45) is 5.73 Å². The van der Waals surface area contributed by atoms with Crippen LogP contribution in [0.25, 0.3) is 10.8 Å². The van der Waals surface area contributed by atoms with Crippen molar-refractivity contribution in [2.45, 2.75) is 13.0 Å². The normalized spacial score (nSPS) is 10.8. The van der Waals surface area contributed by atoms with Gasteiger partial charge < -0.3 is 15.8 Å². The van der Waals surface area contributed by atoms with Crippen LogP contribution in [0.15, 0.2) is 85.1 Å². The van der Waals surface area contributed by atoms with Crippen LogP contribution in [0.5, 0.6) is 11.5 Å². The first kappa shape index (κ1) is 19.6. The van der Waals surface area contributed by atoms with Gasteiger partial charge in [0.1, 0.15) is 17.2 Å². The summed E-state index contributed by atoms with van der Waals surface area (Å²) in [6.07, 6.45) is 2.47. The Kier molecular flexibility index (Phi) is 6.01. The summed E-state index contributed by atoms with van der Waals surface area (Å²) < 4.78 is 5.75. The molecule has 3 aromatic carbocycles. The van der Waals surface area contributed by atoms with E-state index in [0.717, 1.165) is 19.5 Å². The Balaban J connectivity index is 1.25. The highest BCUT2D eigenvalue weighted by atomic mass is 16.5. The van der Waals surface area contributed by atoms with Crippen molar-refractivity contribution in [3.05, 3.63) is 102 Å². The number of amides is 1. The second-order valence-electron chi connectivity index (χ2n) is 7.10. The van der Waals surface area contributed by atoms with Crippen LogP contribution in [-0.2, 0) is 13.0 Å². The third-order valence-electron chi connectivity index (χ3n) is 4.88. The van der Waals surface area contributed by atoms with E-state index in [-0.39, 0.29) is 5.69 Å². The molecule has 4 rings (SSSR count). The maximum atomic E-state index is 11.1. The highest BCUT2D eigenvalue weighted by Gasteiger charge is 2.03. The van der Waals surface area contributed by atoms with Crippen molar-refractivity contribution in [3.63, 3.8) is 0 Å². The molecule has 0 saturated carbocycles. The van der Waals surface area contributed by atoms with Crippen molar-refractivity contribution in [1.82, 2.24) is 10.3 Å². The number of nitrogens with one attached hydrogen (secondary N) is 1. The number of hydrogen-bond acceptors (Lipinski definition) is 4. The third kappa shape index (κ3) is 5.01. The highest BCUT2D eigenvalue weighted by molar-refractivity contribution is 5.90. The fraction of sp³-hybridized carbons (Fsp3) is 0.120. The van der Waals surface area contributed by atoms with Crippen LogP contribution in [0.3, 0.4) is 0 Å². The Morgan fingerprint density at radius 1 is 0.867 bits per heavy atom. The van der Waals surface area contributed by atoms with Crippen LogP contribution in [0.2, 0.25) is 0 Å². The Hall–Kier alpha value is -3.70. The third-order valence-corrected chi connectivity index (χ3v) is 4.88. The monoisotopic (exact) mass is 397 g/mol. The molecule has 30 heavy (non-hydrogen) atoms. The number of pyridine rings is 1. The number of nitrogens with two attached hydrogens (primary N) is 1. The molecule has 4 aromatic rings. The van der Waals surface area contributed by atoms with Gasteiger partial charge in [0.05, 0.1) is 6.20 Å². The van der Waals surface area contributed by atoms with E-state index in [1.54, 1.807) is 12.1 Å². The molecule has 150 valence electrons. The lowest BCUT2D eigenvalue weighted by atomic mass is 10.1. The zero-order chi connectivity index (χ0) is 20.8. The molecule has 1 heterocycles. The van der Waals surface area contributed by atoms with Gasteiger partial charge in [0.15, 0.2) is 0 Å². The predicted octanol–water partition coefficient (Wildman–Crippen LogP) is 4.46. The fourth-order valence-corrected chi connectivity index (χ4v) is 3.26. The fourth-order valence-electron chi connectivity index (χ4n) is 3.26. The van der Waals surface area contributed by atoms with Gasteiger partial charge in [-0.25, -0.2) is 4.98 Å². The molecule has 1 amide bonds. The maximum Gasteiger partial charge on any atom is 0.267 e. The molecule has 0 spiro atoms. The SMILES string of the molecule is NC(=O)c1ccc(Oc2ccc(CNCCc3ccc4ccccc4c3)cc2)cn1. The number of aromatic nitrogens is 1. The van der Waals surface area contributed by atoms with Gasteiger partial charge in [-0.15, -0.1) is 0 Å². The van der Waals surface area contributed by atoms with Gasteiger partial charge >= 0.3 is 0 Å². The molecule has 0 aliphatic rings. The van der Waals surface area contributed by atoms with Crippen molar-refractivity contribution >= 4 is 16.7 Å². The molecule has 0 saturated heterocycles. The van der Waals surface area contributed by atoms with Gasteiger partial charge in [0.25, 0.3) is 5.91 Å². The number of rotatable bonds is 8. The summed E-state index contributed by atoms with van der Waals surface area (Å²) in [5, 5.41) is 6.05. The lowest BCUT2D eigenvalue weighted by Crippen LogP contribution is -2.16. The van der Waals surface area contributed by atoms with Crippen molar-refractivity contribution in [2.75, 3.05) is 6.54 Å². The molecular weight excluding hydrogens is 374 g/mol. The topological polar surface area (TPSA) is 77.2 Å². The first-order valence-corrected chi connectivity index (χ1v) is 9.88. The van der Waals surface area contributed by atoms with Crippen LogP contribution in [-0.4, -0.2) is 17.4 Å². The van der Waals surface area contributed by atoms with E-state index < -0.39 is 5.91 Å². The van der Waals surface area contributed by atoms with Crippen molar-refractivity contribution < 1.29 is 9.53 Å². The zero-order valence-corrected chi connectivity index (χ0v) is 16.5. The Bertz CT molecular complexity index is 1140. The minimum Gasteiger partial charge on any atom is -0.456 e. The van der Waals surface area contributed by atoms with Gasteiger partial charge in [-0.1, -0.05) is 54.6 Å². The molecule has 0 fully saturated rings. The standard InChI is InChI=1S/C25H23N3O2/c26-25(29)24-12-11-23(17-28-24)30-22-9-6-19(7-10-22)16-27-14-13-18-5-8-20-3-1-2-4-21(20)15-18/h1-12,15,17,27H,13-14,16H2,(H2,26,29). The van der Waals surface area contributed by atoms with Gasteiger partial charge in [0.2, 0.25) is 0 Å². The van der Waals surface area contributed by atoms with Crippen LogP contribution in [0.1, 0.15) is 21.6 Å². The molecule has 1 aromatic heterocycles. The van der Waals surface area contributed by atoms with Crippen molar-refractivity contribution in [3.8, 4) is 11.5 Å². The molecule has 5 nitrogen and oxygen atoms in total. The second kappa shape index (κ2) is 9.20. The lowest BCUT2D eigenvalue weighted by molar-refractivity contribution is 0.0995. The van der Waals surface area contributed by atoms with Gasteiger partial charge in [-0.05, 0) is 59.1 Å². The Labute approximate surface area is 175 Å². The summed E-state index contributed by atoms with van der Waals surface area (Å²) >= 11 is 0. The number of primary amides is 1.